The van der Waals surface area contributed by atoms with Crippen molar-refractivity contribution in [3.05, 3.63) is 71.0 Å². The first kappa shape index (κ1) is 18.5. The number of halogens is 1. The highest BCUT2D eigenvalue weighted by Crippen LogP contribution is 2.26. The Morgan fingerprint density at radius 3 is 2.58 bits per heavy atom. The van der Waals surface area contributed by atoms with Crippen LogP contribution in [-0.2, 0) is 23.5 Å². The lowest BCUT2D eigenvalue weighted by molar-refractivity contribution is -0.115. The maximum absolute atomic E-state index is 12.3. The zero-order valence-electron chi connectivity index (χ0n) is 14.4. The summed E-state index contributed by atoms with van der Waals surface area (Å²) in [5, 5.41) is 12.8. The summed E-state index contributed by atoms with van der Waals surface area (Å²) in [6, 6.07) is 17.1. The van der Waals surface area contributed by atoms with Crippen molar-refractivity contribution in [3.8, 4) is 0 Å². The van der Waals surface area contributed by atoms with Crippen LogP contribution < -0.4 is 5.32 Å². The number of nitrogens with one attached hydrogen (secondary N) is 1. The molecule has 0 aliphatic rings. The molecule has 0 aliphatic carbocycles. The minimum Gasteiger partial charge on any atom is -0.326 e. The first-order chi connectivity index (χ1) is 12.7. The van der Waals surface area contributed by atoms with Crippen LogP contribution in [0.5, 0.6) is 0 Å². The molecule has 1 amide bonds. The second kappa shape index (κ2) is 8.87. The number of thioether (sulfide) groups is 1. The van der Waals surface area contributed by atoms with Gasteiger partial charge in [0.15, 0.2) is 5.16 Å². The van der Waals surface area contributed by atoms with Crippen molar-refractivity contribution >= 4 is 35.0 Å². The van der Waals surface area contributed by atoms with Crippen molar-refractivity contribution in [3.63, 3.8) is 0 Å². The van der Waals surface area contributed by atoms with E-state index in [1.165, 1.54) is 0 Å². The van der Waals surface area contributed by atoms with Gasteiger partial charge in [-0.15, -0.1) is 10.2 Å². The summed E-state index contributed by atoms with van der Waals surface area (Å²) in [5.74, 6) is 1.25. The Labute approximate surface area is 161 Å². The molecule has 1 aromatic heterocycles. The van der Waals surface area contributed by atoms with Gasteiger partial charge in [-0.25, -0.2) is 0 Å². The van der Waals surface area contributed by atoms with Crippen molar-refractivity contribution in [2.75, 3.05) is 5.32 Å². The molecule has 5 nitrogen and oxygen atoms in total. The Morgan fingerprint density at radius 1 is 1.12 bits per heavy atom. The summed E-state index contributed by atoms with van der Waals surface area (Å²) >= 11 is 7.77. The van der Waals surface area contributed by atoms with Gasteiger partial charge in [-0.2, -0.15) is 0 Å². The summed E-state index contributed by atoms with van der Waals surface area (Å²) in [6.45, 7) is 2.72. The number of amides is 1. The average Bonchev–Trinajstić information content (AvgIpc) is 3.03. The van der Waals surface area contributed by atoms with Crippen LogP contribution in [0.15, 0.2) is 59.8 Å². The zero-order chi connectivity index (χ0) is 18.4. The fourth-order valence-corrected chi connectivity index (χ4v) is 3.81. The highest BCUT2D eigenvalue weighted by molar-refractivity contribution is 7.98. The van der Waals surface area contributed by atoms with Crippen molar-refractivity contribution in [1.82, 2.24) is 14.8 Å². The lowest BCUT2D eigenvalue weighted by Crippen LogP contribution is -2.17. The topological polar surface area (TPSA) is 59.8 Å². The monoisotopic (exact) mass is 386 g/mol. The smallest absolute Gasteiger partial charge is 0.232 e. The van der Waals surface area contributed by atoms with E-state index in [0.717, 1.165) is 21.4 Å². The molecule has 7 heteroatoms. The molecule has 1 N–H and O–H groups in total. The highest BCUT2D eigenvalue weighted by Gasteiger charge is 2.15. The Hall–Kier alpha value is -2.31. The summed E-state index contributed by atoms with van der Waals surface area (Å²) in [6.07, 6.45) is 0.183. The maximum Gasteiger partial charge on any atom is 0.232 e. The summed E-state index contributed by atoms with van der Waals surface area (Å²) in [7, 11) is 0. The molecule has 0 radical (unpaired) electrons. The largest absolute Gasteiger partial charge is 0.326 e. The zero-order valence-corrected chi connectivity index (χ0v) is 15.9. The van der Waals surface area contributed by atoms with E-state index in [1.54, 1.807) is 11.8 Å². The molecule has 0 atom stereocenters. The number of anilines is 1. The molecule has 0 unspecified atom stereocenters. The predicted molar refractivity (Wildman–Crippen MR) is 105 cm³/mol. The van der Waals surface area contributed by atoms with Crippen LogP contribution in [0.2, 0.25) is 5.02 Å². The molecule has 3 rings (SSSR count). The molecule has 0 aliphatic heterocycles. The fourth-order valence-electron chi connectivity index (χ4n) is 2.50. The van der Waals surface area contributed by atoms with E-state index in [-0.39, 0.29) is 12.3 Å². The first-order valence-electron chi connectivity index (χ1n) is 8.30. The van der Waals surface area contributed by atoms with Gasteiger partial charge in [0.25, 0.3) is 0 Å². The van der Waals surface area contributed by atoms with E-state index in [0.29, 0.717) is 18.1 Å². The molecule has 0 saturated carbocycles. The van der Waals surface area contributed by atoms with Gasteiger partial charge in [-0.3, -0.25) is 4.79 Å². The Kier molecular flexibility index (Phi) is 6.30. The van der Waals surface area contributed by atoms with E-state index < -0.39 is 0 Å². The van der Waals surface area contributed by atoms with Crippen LogP contribution >= 0.6 is 23.4 Å². The van der Waals surface area contributed by atoms with E-state index in [1.807, 2.05) is 66.1 Å². The number of rotatable bonds is 7. The van der Waals surface area contributed by atoms with Gasteiger partial charge in [0.1, 0.15) is 5.82 Å². The molecule has 26 heavy (non-hydrogen) atoms. The Bertz CT molecular complexity index is 882. The standard InChI is InChI=1S/C19H19ClN4OS/c1-2-24-17(12-18(25)21-15-9-4-3-5-10-15)22-23-19(24)26-13-14-8-6-7-11-16(14)20/h3-11H,2,12-13H2,1H3,(H,21,25). The van der Waals surface area contributed by atoms with Gasteiger partial charge in [0.05, 0.1) is 6.42 Å². The molecule has 1 heterocycles. The summed E-state index contributed by atoms with van der Waals surface area (Å²) in [5.41, 5.74) is 1.82. The molecule has 3 aromatic rings. The molecule has 2 aromatic carbocycles. The fraction of sp³-hybridized carbons (Fsp3) is 0.211. The van der Waals surface area contributed by atoms with E-state index >= 15 is 0 Å². The molecule has 134 valence electrons. The van der Waals surface area contributed by atoms with Crippen molar-refractivity contribution in [2.24, 2.45) is 0 Å². The summed E-state index contributed by atoms with van der Waals surface area (Å²) in [4.78, 5) is 12.3. The van der Waals surface area contributed by atoms with Gasteiger partial charge >= 0.3 is 0 Å². The lowest BCUT2D eigenvalue weighted by Gasteiger charge is -2.08. The van der Waals surface area contributed by atoms with Gasteiger partial charge in [-0.1, -0.05) is 59.8 Å². The van der Waals surface area contributed by atoms with E-state index in [9.17, 15) is 4.79 Å². The average molecular weight is 387 g/mol. The third-order valence-electron chi connectivity index (χ3n) is 3.80. The molecular formula is C19H19ClN4OS. The van der Waals surface area contributed by atoms with Crippen LogP contribution in [0.25, 0.3) is 0 Å². The highest BCUT2D eigenvalue weighted by atomic mass is 35.5. The third kappa shape index (κ3) is 4.65. The second-order valence-corrected chi connectivity index (χ2v) is 6.96. The molecule has 0 spiro atoms. The van der Waals surface area contributed by atoms with Gasteiger partial charge in [0, 0.05) is 23.0 Å². The number of aromatic nitrogens is 3. The van der Waals surface area contributed by atoms with Crippen molar-refractivity contribution in [2.45, 2.75) is 30.8 Å². The molecule has 0 saturated heterocycles. The van der Waals surface area contributed by atoms with Crippen LogP contribution in [-0.4, -0.2) is 20.7 Å². The molecule has 0 fully saturated rings. The first-order valence-corrected chi connectivity index (χ1v) is 9.67. The van der Waals surface area contributed by atoms with Crippen LogP contribution in [0.4, 0.5) is 5.69 Å². The van der Waals surface area contributed by atoms with Gasteiger partial charge < -0.3 is 9.88 Å². The lowest BCUT2D eigenvalue weighted by atomic mass is 10.2. The third-order valence-corrected chi connectivity index (χ3v) is 5.18. The number of para-hydroxylation sites is 1. The number of carbonyl (C=O) groups is 1. The van der Waals surface area contributed by atoms with E-state index in [4.69, 9.17) is 11.6 Å². The predicted octanol–water partition coefficient (Wildman–Crippen LogP) is 4.42. The number of hydrogen-bond acceptors (Lipinski definition) is 4. The quantitative estimate of drug-likeness (QED) is 0.610. The minimum atomic E-state index is -0.110. The Morgan fingerprint density at radius 2 is 1.85 bits per heavy atom. The number of carbonyl (C=O) groups excluding carboxylic acids is 1. The van der Waals surface area contributed by atoms with Crippen LogP contribution in [0.3, 0.4) is 0 Å². The van der Waals surface area contributed by atoms with Gasteiger partial charge in [-0.05, 0) is 30.7 Å². The van der Waals surface area contributed by atoms with E-state index in [2.05, 4.69) is 15.5 Å². The van der Waals surface area contributed by atoms with Gasteiger partial charge in [0.2, 0.25) is 5.91 Å². The number of hydrogen-bond donors (Lipinski definition) is 1. The Balaban J connectivity index is 1.66. The minimum absolute atomic E-state index is 0.110. The number of benzene rings is 2. The second-order valence-electron chi connectivity index (χ2n) is 5.61. The maximum atomic E-state index is 12.3. The SMILES string of the molecule is CCn1c(CC(=O)Nc2ccccc2)nnc1SCc1ccccc1Cl. The molecular weight excluding hydrogens is 368 g/mol. The summed E-state index contributed by atoms with van der Waals surface area (Å²) < 4.78 is 1.96. The van der Waals surface area contributed by atoms with Crippen molar-refractivity contribution in [1.29, 1.82) is 0 Å². The van der Waals surface area contributed by atoms with Crippen molar-refractivity contribution < 1.29 is 4.79 Å². The van der Waals surface area contributed by atoms with Crippen LogP contribution in [0, 0.1) is 0 Å². The normalized spacial score (nSPS) is 10.7. The van der Waals surface area contributed by atoms with Crippen LogP contribution in [0.1, 0.15) is 18.3 Å². The number of nitrogens with zero attached hydrogens (tertiary/aromatic N) is 3. The molecule has 0 bridgehead atoms.